The van der Waals surface area contributed by atoms with Crippen molar-refractivity contribution in [3.8, 4) is 0 Å². The summed E-state index contributed by atoms with van der Waals surface area (Å²) in [7, 11) is 0. The molecule has 0 radical (unpaired) electrons. The van der Waals surface area contributed by atoms with E-state index in [-0.39, 0.29) is 0 Å². The van der Waals surface area contributed by atoms with Crippen LogP contribution in [0.15, 0.2) is 109 Å². The van der Waals surface area contributed by atoms with Gasteiger partial charge in [-0.15, -0.1) is 0 Å². The Morgan fingerprint density at radius 1 is 0.679 bits per heavy atom. The van der Waals surface area contributed by atoms with E-state index in [2.05, 4.69) is 89.9 Å². The molecular formula is C25H23ClNP. The molecule has 3 heteroatoms. The van der Waals surface area contributed by atoms with Crippen LogP contribution in [0.25, 0.3) is 0 Å². The fraction of sp³-hybridized carbons (Fsp3) is 0.0800. The van der Waals surface area contributed by atoms with Gasteiger partial charge in [0.2, 0.25) is 0 Å². The summed E-state index contributed by atoms with van der Waals surface area (Å²) in [6.07, 6.45) is 2.62. The van der Waals surface area contributed by atoms with Crippen molar-refractivity contribution in [3.05, 3.63) is 121 Å². The minimum absolute atomic E-state index is 0.745. The molecule has 1 nitrogen and oxygen atoms in total. The number of halogens is 1. The average molecular weight is 404 g/mol. The molecule has 4 aromatic rings. The minimum atomic E-state index is -3.26. The number of hydrogen-bond donors (Lipinski definition) is 0. The Bertz CT molecular complexity index is 966. The maximum absolute atomic E-state index is 8.07. The zero-order chi connectivity index (χ0) is 19.5. The van der Waals surface area contributed by atoms with Gasteiger partial charge >= 0.3 is 172 Å². The quantitative estimate of drug-likeness (QED) is 0.397. The van der Waals surface area contributed by atoms with Gasteiger partial charge in [0.05, 0.1) is 0 Å². The van der Waals surface area contributed by atoms with Crippen molar-refractivity contribution in [2.45, 2.75) is 13.1 Å². The summed E-state index contributed by atoms with van der Waals surface area (Å²) in [6.45, 7) is 2.03. The molecule has 0 bridgehead atoms. The van der Waals surface area contributed by atoms with E-state index in [1.807, 2.05) is 31.3 Å². The van der Waals surface area contributed by atoms with Crippen LogP contribution in [0, 0.1) is 6.92 Å². The number of rotatable bonds is 5. The Morgan fingerprint density at radius 3 is 1.50 bits per heavy atom. The number of aryl methyl sites for hydroxylation is 1. The van der Waals surface area contributed by atoms with Gasteiger partial charge in [0, 0.05) is 0 Å². The van der Waals surface area contributed by atoms with Crippen LogP contribution in [-0.4, -0.2) is 4.98 Å². The zero-order valence-electron chi connectivity index (χ0n) is 15.9. The van der Waals surface area contributed by atoms with Crippen molar-refractivity contribution in [1.29, 1.82) is 0 Å². The van der Waals surface area contributed by atoms with Gasteiger partial charge in [-0.1, -0.05) is 0 Å². The Balaban J connectivity index is 2.09. The Hall–Kier alpha value is -2.47. The fourth-order valence-corrected chi connectivity index (χ4v) is 10.1. The molecule has 0 atom stereocenters. The molecule has 0 saturated heterocycles. The topological polar surface area (TPSA) is 12.9 Å². The van der Waals surface area contributed by atoms with Crippen molar-refractivity contribution in [1.82, 2.24) is 4.98 Å². The summed E-state index contributed by atoms with van der Waals surface area (Å²) in [4.78, 5) is 4.38. The van der Waals surface area contributed by atoms with E-state index < -0.39 is 5.96 Å². The normalized spacial score (nSPS) is 12.9. The van der Waals surface area contributed by atoms with E-state index in [9.17, 15) is 0 Å². The molecule has 0 fully saturated rings. The first-order valence-electron chi connectivity index (χ1n) is 9.42. The molecule has 4 rings (SSSR count). The molecule has 0 spiro atoms. The van der Waals surface area contributed by atoms with Crippen LogP contribution >= 0.6 is 17.2 Å². The fourth-order valence-electron chi connectivity index (χ4n) is 3.98. The third-order valence-corrected chi connectivity index (χ3v) is 12.5. The molecule has 3 aromatic carbocycles. The van der Waals surface area contributed by atoms with Gasteiger partial charge in [0.1, 0.15) is 0 Å². The number of nitrogens with zero attached hydrogens (tertiary/aromatic N) is 1. The molecule has 0 aliphatic heterocycles. The van der Waals surface area contributed by atoms with Crippen molar-refractivity contribution in [2.24, 2.45) is 0 Å². The Morgan fingerprint density at radius 2 is 1.11 bits per heavy atom. The standard InChI is InChI=1S/C25H23ClNP/c1-21-19-22(17-18-27-21)20-28(26,23-11-5-2-6-12-23,24-13-7-3-8-14-24)25-15-9-4-10-16-25/h2-19H,20H2,1H3. The first-order valence-corrected chi connectivity index (χ1v) is 12.7. The molecule has 1 heterocycles. The second kappa shape index (κ2) is 7.51. The molecule has 0 amide bonds. The second-order valence-corrected chi connectivity index (χ2v) is 13.6. The molecular weight excluding hydrogens is 381 g/mol. The predicted molar refractivity (Wildman–Crippen MR) is 124 cm³/mol. The van der Waals surface area contributed by atoms with Crippen molar-refractivity contribution < 1.29 is 0 Å². The van der Waals surface area contributed by atoms with Gasteiger partial charge < -0.3 is 0 Å². The third-order valence-electron chi connectivity index (χ3n) is 5.32. The van der Waals surface area contributed by atoms with Crippen LogP contribution in [0.1, 0.15) is 11.3 Å². The summed E-state index contributed by atoms with van der Waals surface area (Å²) in [5, 5.41) is 3.55. The Kier molecular flexibility index (Phi) is 5.06. The molecule has 0 unspecified atom stereocenters. The number of pyridine rings is 1. The molecule has 0 aliphatic rings. The van der Waals surface area contributed by atoms with Gasteiger partial charge in [-0.25, -0.2) is 0 Å². The van der Waals surface area contributed by atoms with E-state index in [0.29, 0.717) is 0 Å². The van der Waals surface area contributed by atoms with Crippen molar-refractivity contribution in [3.63, 3.8) is 0 Å². The Labute approximate surface area is 171 Å². The van der Waals surface area contributed by atoms with E-state index in [0.717, 1.165) is 11.9 Å². The maximum atomic E-state index is 8.07. The van der Waals surface area contributed by atoms with E-state index in [1.54, 1.807) is 0 Å². The van der Waals surface area contributed by atoms with E-state index in [4.69, 9.17) is 11.2 Å². The molecule has 0 N–H and O–H groups in total. The molecule has 1 aromatic heterocycles. The monoisotopic (exact) mass is 403 g/mol. The van der Waals surface area contributed by atoms with Crippen molar-refractivity contribution >= 4 is 33.1 Å². The average Bonchev–Trinajstić information content (AvgIpc) is 2.76. The summed E-state index contributed by atoms with van der Waals surface area (Å²) >= 11 is 8.07. The van der Waals surface area contributed by atoms with Gasteiger partial charge in [-0.2, -0.15) is 0 Å². The van der Waals surface area contributed by atoms with Crippen molar-refractivity contribution in [2.75, 3.05) is 0 Å². The van der Waals surface area contributed by atoms with E-state index >= 15 is 0 Å². The number of hydrogen-bond acceptors (Lipinski definition) is 1. The zero-order valence-corrected chi connectivity index (χ0v) is 17.5. The van der Waals surface area contributed by atoms with Crippen LogP contribution in [0.2, 0.25) is 0 Å². The first kappa shape index (κ1) is 18.9. The summed E-state index contributed by atoms with van der Waals surface area (Å²) < 4.78 is 0. The predicted octanol–water partition coefficient (Wildman–Crippen LogP) is 5.57. The molecule has 0 saturated carbocycles. The summed E-state index contributed by atoms with van der Waals surface area (Å²) in [5.41, 5.74) is 2.21. The SMILES string of the molecule is Cc1cc(CP(Cl)(c2ccccc2)(c2ccccc2)c2ccccc2)ccn1. The van der Waals surface area contributed by atoms with Crippen LogP contribution in [-0.2, 0) is 6.16 Å². The number of aromatic nitrogens is 1. The van der Waals surface area contributed by atoms with Crippen LogP contribution in [0.4, 0.5) is 0 Å². The summed E-state index contributed by atoms with van der Waals surface area (Å²) in [6, 6.07) is 36.0. The van der Waals surface area contributed by atoms with Gasteiger partial charge in [0.25, 0.3) is 0 Å². The first-order chi connectivity index (χ1) is 13.6. The molecule has 140 valence electrons. The van der Waals surface area contributed by atoms with Crippen LogP contribution in [0.3, 0.4) is 0 Å². The van der Waals surface area contributed by atoms with Gasteiger partial charge in [-0.3, -0.25) is 0 Å². The third kappa shape index (κ3) is 3.15. The van der Waals surface area contributed by atoms with Gasteiger partial charge in [-0.05, 0) is 0 Å². The number of benzene rings is 3. The summed E-state index contributed by atoms with van der Waals surface area (Å²) in [5.74, 6) is -3.26. The van der Waals surface area contributed by atoms with Crippen LogP contribution < -0.4 is 15.9 Å². The van der Waals surface area contributed by atoms with Crippen LogP contribution in [0.5, 0.6) is 0 Å². The van der Waals surface area contributed by atoms with Gasteiger partial charge in [0.15, 0.2) is 0 Å². The molecule has 0 aliphatic carbocycles. The van der Waals surface area contributed by atoms with E-state index in [1.165, 1.54) is 21.5 Å². The molecule has 28 heavy (non-hydrogen) atoms. The second-order valence-electron chi connectivity index (χ2n) is 7.15.